The molecule has 1 aromatic carbocycles. The second-order valence-corrected chi connectivity index (χ2v) is 9.60. The minimum Gasteiger partial charge on any atom is -0.467 e. The first kappa shape index (κ1) is 24.0. The first-order valence-corrected chi connectivity index (χ1v) is 11.1. The summed E-state index contributed by atoms with van der Waals surface area (Å²) in [5.41, 5.74) is 0.620. The van der Waals surface area contributed by atoms with Crippen LogP contribution in [0.5, 0.6) is 0 Å². The van der Waals surface area contributed by atoms with E-state index in [1.807, 2.05) is 20.8 Å². The Balaban J connectivity index is 1.75. The lowest BCUT2D eigenvalue weighted by Gasteiger charge is -2.30. The van der Waals surface area contributed by atoms with E-state index in [0.717, 1.165) is 18.4 Å². The van der Waals surface area contributed by atoms with Crippen molar-refractivity contribution in [2.24, 2.45) is 5.41 Å². The molecule has 0 aliphatic carbocycles. The van der Waals surface area contributed by atoms with E-state index < -0.39 is 0 Å². The lowest BCUT2D eigenvalue weighted by atomic mass is 9.91. The van der Waals surface area contributed by atoms with Crippen molar-refractivity contribution in [3.8, 4) is 0 Å². The number of nitrogens with zero attached hydrogens (tertiary/aromatic N) is 2. The molecule has 0 radical (unpaired) electrons. The van der Waals surface area contributed by atoms with E-state index in [4.69, 9.17) is 9.15 Å². The monoisotopic (exact) mass is 444 g/mol. The lowest BCUT2D eigenvalue weighted by molar-refractivity contribution is -0.143. The second-order valence-electron chi connectivity index (χ2n) is 9.60. The fourth-order valence-electron chi connectivity index (χ4n) is 3.75. The smallest absolute Gasteiger partial charge is 0.242 e. The van der Waals surface area contributed by atoms with Crippen LogP contribution in [-0.4, -0.2) is 47.4 Å². The van der Waals surface area contributed by atoms with Crippen LogP contribution in [0.25, 0.3) is 0 Å². The van der Waals surface area contributed by atoms with E-state index in [1.165, 1.54) is 12.1 Å². The van der Waals surface area contributed by atoms with Crippen molar-refractivity contribution in [1.29, 1.82) is 0 Å². The van der Waals surface area contributed by atoms with Gasteiger partial charge in [-0.25, -0.2) is 4.39 Å². The van der Waals surface area contributed by atoms with Crippen LogP contribution in [-0.2, 0) is 27.4 Å². The maximum absolute atomic E-state index is 13.4. The third-order valence-electron chi connectivity index (χ3n) is 5.37. The van der Waals surface area contributed by atoms with Crippen LogP contribution in [0.2, 0.25) is 0 Å². The van der Waals surface area contributed by atoms with Crippen LogP contribution in [0.1, 0.15) is 51.4 Å². The highest BCUT2D eigenvalue weighted by molar-refractivity contribution is 5.85. The highest BCUT2D eigenvalue weighted by Gasteiger charge is 2.29. The Morgan fingerprint density at radius 2 is 1.81 bits per heavy atom. The Morgan fingerprint density at radius 1 is 1.06 bits per heavy atom. The summed E-state index contributed by atoms with van der Waals surface area (Å²) in [6.45, 7) is 7.65. The Hall–Kier alpha value is -2.67. The number of amides is 2. The number of ether oxygens (including phenoxy) is 1. The van der Waals surface area contributed by atoms with Gasteiger partial charge in [-0.1, -0.05) is 32.9 Å². The quantitative estimate of drug-likeness (QED) is 0.575. The molecule has 0 saturated carbocycles. The van der Waals surface area contributed by atoms with Gasteiger partial charge in [-0.2, -0.15) is 0 Å². The molecule has 1 unspecified atom stereocenters. The molecular formula is C25H33FN2O4. The molecule has 0 spiro atoms. The Kier molecular flexibility index (Phi) is 8.07. The summed E-state index contributed by atoms with van der Waals surface area (Å²) in [6, 6.07) is 9.65. The van der Waals surface area contributed by atoms with Crippen LogP contribution in [0.3, 0.4) is 0 Å². The van der Waals surface area contributed by atoms with Gasteiger partial charge < -0.3 is 19.0 Å². The molecule has 32 heavy (non-hydrogen) atoms. The summed E-state index contributed by atoms with van der Waals surface area (Å²) in [6.07, 6.45) is 3.73. The molecule has 6 nitrogen and oxygen atoms in total. The molecule has 2 aromatic rings. The van der Waals surface area contributed by atoms with Crippen molar-refractivity contribution in [3.05, 3.63) is 59.8 Å². The number of carbonyl (C=O) groups excluding carboxylic acids is 2. The summed E-state index contributed by atoms with van der Waals surface area (Å²) in [5, 5.41) is 0. The number of halogens is 1. The fraction of sp³-hybridized carbons (Fsp3) is 0.520. The zero-order valence-electron chi connectivity index (χ0n) is 19.2. The minimum absolute atomic E-state index is 0.0311. The summed E-state index contributed by atoms with van der Waals surface area (Å²) in [5.74, 6) is 0.0763. The molecule has 1 fully saturated rings. The molecule has 1 saturated heterocycles. The molecule has 1 aliphatic rings. The normalized spacial score (nSPS) is 16.2. The van der Waals surface area contributed by atoms with Crippen molar-refractivity contribution in [3.63, 3.8) is 0 Å². The molecule has 1 atom stereocenters. The van der Waals surface area contributed by atoms with Crippen molar-refractivity contribution < 1.29 is 23.1 Å². The van der Waals surface area contributed by atoms with Crippen molar-refractivity contribution in [2.45, 2.75) is 59.2 Å². The maximum atomic E-state index is 13.4. The molecule has 3 rings (SSSR count). The van der Waals surface area contributed by atoms with E-state index in [1.54, 1.807) is 40.3 Å². The van der Waals surface area contributed by atoms with Crippen LogP contribution < -0.4 is 0 Å². The van der Waals surface area contributed by atoms with Gasteiger partial charge in [0.05, 0.1) is 25.5 Å². The van der Waals surface area contributed by atoms with E-state index >= 15 is 0 Å². The topological polar surface area (TPSA) is 63.0 Å². The van der Waals surface area contributed by atoms with E-state index in [2.05, 4.69) is 0 Å². The van der Waals surface area contributed by atoms with E-state index in [-0.39, 0.29) is 42.2 Å². The third-order valence-corrected chi connectivity index (χ3v) is 5.37. The molecule has 0 N–H and O–H groups in total. The average Bonchev–Trinajstić information content (AvgIpc) is 3.41. The Labute approximate surface area is 189 Å². The number of furan rings is 1. The third kappa shape index (κ3) is 7.48. The number of benzene rings is 1. The summed E-state index contributed by atoms with van der Waals surface area (Å²) >= 11 is 0. The maximum Gasteiger partial charge on any atom is 0.242 e. The lowest BCUT2D eigenvalue weighted by Crippen LogP contribution is -2.46. The molecule has 0 bridgehead atoms. The number of hydrogen-bond donors (Lipinski definition) is 0. The summed E-state index contributed by atoms with van der Waals surface area (Å²) in [7, 11) is 0. The highest BCUT2D eigenvalue weighted by atomic mass is 19.1. The summed E-state index contributed by atoms with van der Waals surface area (Å²) < 4.78 is 24.5. The Bertz CT molecular complexity index is 868. The van der Waals surface area contributed by atoms with E-state index in [0.29, 0.717) is 31.9 Å². The zero-order chi connectivity index (χ0) is 23.1. The molecular weight excluding hydrogens is 411 g/mol. The SMILES string of the molecule is CC(C)(C)CC(=O)N(CC(=O)N(Cc1ccc(F)cc1)Cc1ccco1)CC1CCCO1. The van der Waals surface area contributed by atoms with Crippen LogP contribution >= 0.6 is 0 Å². The molecule has 2 heterocycles. The predicted octanol–water partition coefficient (Wildman–Crippen LogP) is 4.39. The highest BCUT2D eigenvalue weighted by Crippen LogP contribution is 2.22. The number of carbonyl (C=O) groups is 2. The molecule has 1 aromatic heterocycles. The Morgan fingerprint density at radius 3 is 2.41 bits per heavy atom. The van der Waals surface area contributed by atoms with Crippen LogP contribution in [0, 0.1) is 11.2 Å². The number of rotatable bonds is 9. The first-order valence-electron chi connectivity index (χ1n) is 11.1. The second kappa shape index (κ2) is 10.8. The largest absolute Gasteiger partial charge is 0.467 e. The molecule has 174 valence electrons. The molecule has 2 amide bonds. The van der Waals surface area contributed by atoms with Gasteiger partial charge in [0.1, 0.15) is 11.6 Å². The minimum atomic E-state index is -0.326. The van der Waals surface area contributed by atoms with Gasteiger partial charge in [0.25, 0.3) is 0 Å². The predicted molar refractivity (Wildman–Crippen MR) is 119 cm³/mol. The van der Waals surface area contributed by atoms with Gasteiger partial charge in [0, 0.05) is 26.1 Å². The van der Waals surface area contributed by atoms with Gasteiger partial charge in [0.2, 0.25) is 11.8 Å². The fourth-order valence-corrected chi connectivity index (χ4v) is 3.75. The van der Waals surface area contributed by atoms with Gasteiger partial charge in [-0.05, 0) is 48.1 Å². The zero-order valence-corrected chi connectivity index (χ0v) is 19.2. The van der Waals surface area contributed by atoms with Gasteiger partial charge >= 0.3 is 0 Å². The average molecular weight is 445 g/mol. The molecule has 7 heteroatoms. The van der Waals surface area contributed by atoms with Crippen molar-refractivity contribution in [1.82, 2.24) is 9.80 Å². The standard InChI is InChI=1S/C25H33FN2O4/c1-25(2,3)14-23(29)28(17-22-7-5-13-32-22)18-24(30)27(16-21-6-4-12-31-21)15-19-8-10-20(26)11-9-19/h4,6,8-12,22H,5,7,13-18H2,1-3H3. The van der Waals surface area contributed by atoms with Gasteiger partial charge in [-0.15, -0.1) is 0 Å². The van der Waals surface area contributed by atoms with Gasteiger partial charge in [-0.3, -0.25) is 9.59 Å². The molecule has 1 aliphatic heterocycles. The van der Waals surface area contributed by atoms with Crippen molar-refractivity contribution in [2.75, 3.05) is 19.7 Å². The van der Waals surface area contributed by atoms with Crippen LogP contribution in [0.4, 0.5) is 4.39 Å². The van der Waals surface area contributed by atoms with Crippen LogP contribution in [0.15, 0.2) is 47.1 Å². The van der Waals surface area contributed by atoms with Crippen molar-refractivity contribution >= 4 is 11.8 Å². The van der Waals surface area contributed by atoms with E-state index in [9.17, 15) is 14.0 Å². The first-order chi connectivity index (χ1) is 15.2. The van der Waals surface area contributed by atoms with Gasteiger partial charge in [0.15, 0.2) is 0 Å². The summed E-state index contributed by atoms with van der Waals surface area (Å²) in [4.78, 5) is 29.7. The number of hydrogen-bond acceptors (Lipinski definition) is 4.